The molecule has 0 heterocycles. The molecular formula is C18H24Si. The Labute approximate surface area is 118 Å². The first kappa shape index (κ1) is 14.1. The minimum Gasteiger partial charge on any atom is -0.0936 e. The van der Waals surface area contributed by atoms with Gasteiger partial charge in [-0.2, -0.15) is 0 Å². The number of rotatable bonds is 5. The van der Waals surface area contributed by atoms with Gasteiger partial charge >= 0.3 is 0 Å². The highest BCUT2D eigenvalue weighted by Crippen LogP contribution is 2.23. The van der Waals surface area contributed by atoms with E-state index in [0.717, 1.165) is 0 Å². The van der Waals surface area contributed by atoms with Crippen LogP contribution in [0.2, 0.25) is 18.1 Å². The lowest BCUT2D eigenvalue weighted by Gasteiger charge is -2.23. The first-order valence-electron chi connectivity index (χ1n) is 7.41. The molecule has 0 nitrogen and oxygen atoms in total. The van der Waals surface area contributed by atoms with Gasteiger partial charge in [-0.15, -0.1) is 0 Å². The van der Waals surface area contributed by atoms with Crippen LogP contribution in [0, 0.1) is 0 Å². The maximum absolute atomic E-state index is 2.55. The summed E-state index contributed by atoms with van der Waals surface area (Å²) in [6.07, 6.45) is 2.36. The highest BCUT2D eigenvalue weighted by molar-refractivity contribution is 6.84. The molecule has 0 radical (unpaired) electrons. The third-order valence-electron chi connectivity index (χ3n) is 4.52. The van der Waals surface area contributed by atoms with E-state index in [4.69, 9.17) is 0 Å². The van der Waals surface area contributed by atoms with Gasteiger partial charge in [0.1, 0.15) is 0 Å². The summed E-state index contributed by atoms with van der Waals surface area (Å²) in [6.45, 7) is 7.05. The molecule has 0 amide bonds. The zero-order valence-electron chi connectivity index (χ0n) is 12.3. The predicted molar refractivity (Wildman–Crippen MR) is 90.2 cm³/mol. The van der Waals surface area contributed by atoms with Crippen molar-refractivity contribution in [2.45, 2.75) is 38.9 Å². The lowest BCUT2D eigenvalue weighted by Crippen LogP contribution is -2.28. The SMILES string of the molecule is CC[Si](/C=C/c1ccc2ccccc2c1)(CC)CC. The average molecular weight is 268 g/mol. The van der Waals surface area contributed by atoms with Gasteiger partial charge in [0, 0.05) is 0 Å². The molecule has 100 valence electrons. The minimum atomic E-state index is -1.15. The van der Waals surface area contributed by atoms with Crippen molar-refractivity contribution < 1.29 is 0 Å². The topological polar surface area (TPSA) is 0 Å². The van der Waals surface area contributed by atoms with Crippen LogP contribution in [0.25, 0.3) is 16.8 Å². The number of fused-ring (bicyclic) bond motifs is 1. The molecule has 0 aliphatic carbocycles. The van der Waals surface area contributed by atoms with Crippen molar-refractivity contribution in [1.29, 1.82) is 0 Å². The molecule has 0 bridgehead atoms. The molecule has 0 N–H and O–H groups in total. The smallest absolute Gasteiger partial charge is 0.0770 e. The molecule has 1 heteroatoms. The highest BCUT2D eigenvalue weighted by Gasteiger charge is 2.22. The molecule has 0 aliphatic heterocycles. The monoisotopic (exact) mass is 268 g/mol. The Hall–Kier alpha value is -1.34. The first-order valence-corrected chi connectivity index (χ1v) is 10.1. The Bertz CT molecular complexity index is 556. The molecular weight excluding hydrogens is 244 g/mol. The van der Waals surface area contributed by atoms with Gasteiger partial charge in [-0.3, -0.25) is 0 Å². The lowest BCUT2D eigenvalue weighted by molar-refractivity contribution is 1.20. The normalized spacial score (nSPS) is 12.4. The van der Waals surface area contributed by atoms with Crippen LogP contribution in [0.3, 0.4) is 0 Å². The van der Waals surface area contributed by atoms with Crippen molar-refractivity contribution in [2.24, 2.45) is 0 Å². The third kappa shape index (κ3) is 3.16. The van der Waals surface area contributed by atoms with Crippen LogP contribution in [0.4, 0.5) is 0 Å². The van der Waals surface area contributed by atoms with Crippen LogP contribution < -0.4 is 0 Å². The number of benzene rings is 2. The molecule has 0 aliphatic rings. The van der Waals surface area contributed by atoms with Crippen LogP contribution in [0.5, 0.6) is 0 Å². The van der Waals surface area contributed by atoms with E-state index in [2.05, 4.69) is 75.0 Å². The van der Waals surface area contributed by atoms with E-state index in [1.165, 1.54) is 34.5 Å². The van der Waals surface area contributed by atoms with Crippen molar-refractivity contribution in [3.63, 3.8) is 0 Å². The van der Waals surface area contributed by atoms with Gasteiger partial charge in [-0.1, -0.05) is 87.1 Å². The highest BCUT2D eigenvalue weighted by atomic mass is 28.3. The summed E-state index contributed by atoms with van der Waals surface area (Å²) in [7, 11) is -1.15. The molecule has 0 saturated heterocycles. The number of hydrogen-bond donors (Lipinski definition) is 0. The van der Waals surface area contributed by atoms with E-state index in [9.17, 15) is 0 Å². The molecule has 0 unspecified atom stereocenters. The summed E-state index contributed by atoms with van der Waals surface area (Å²) >= 11 is 0. The van der Waals surface area contributed by atoms with Crippen LogP contribution in [-0.4, -0.2) is 8.07 Å². The van der Waals surface area contributed by atoms with Crippen LogP contribution in [0.15, 0.2) is 48.2 Å². The van der Waals surface area contributed by atoms with Crippen LogP contribution in [-0.2, 0) is 0 Å². The van der Waals surface area contributed by atoms with E-state index in [1.807, 2.05) is 0 Å². The molecule has 0 spiro atoms. The Morgan fingerprint density at radius 3 is 2.11 bits per heavy atom. The summed E-state index contributed by atoms with van der Waals surface area (Å²) in [6, 6.07) is 19.4. The van der Waals surface area contributed by atoms with Gasteiger partial charge in [-0.25, -0.2) is 0 Å². The average Bonchev–Trinajstić information content (AvgIpc) is 2.49. The molecule has 0 saturated carbocycles. The van der Waals surface area contributed by atoms with Crippen molar-refractivity contribution in [3.8, 4) is 0 Å². The van der Waals surface area contributed by atoms with Crippen molar-refractivity contribution in [2.75, 3.05) is 0 Å². The Morgan fingerprint density at radius 1 is 0.842 bits per heavy atom. The van der Waals surface area contributed by atoms with Crippen LogP contribution in [0.1, 0.15) is 26.3 Å². The summed E-state index contributed by atoms with van der Waals surface area (Å²) in [5.41, 5.74) is 3.89. The first-order chi connectivity index (χ1) is 9.23. The second kappa shape index (κ2) is 6.20. The molecule has 2 rings (SSSR count). The molecule has 0 aromatic heterocycles. The third-order valence-corrected chi connectivity index (χ3v) is 9.61. The van der Waals surface area contributed by atoms with Crippen molar-refractivity contribution in [3.05, 3.63) is 53.7 Å². The summed E-state index contributed by atoms with van der Waals surface area (Å²) < 4.78 is 0. The fourth-order valence-electron chi connectivity index (χ4n) is 2.69. The zero-order chi connectivity index (χ0) is 13.7. The van der Waals surface area contributed by atoms with Crippen LogP contribution >= 0.6 is 0 Å². The van der Waals surface area contributed by atoms with Gasteiger partial charge in [-0.05, 0) is 22.4 Å². The van der Waals surface area contributed by atoms with E-state index < -0.39 is 8.07 Å². The summed E-state index contributed by atoms with van der Waals surface area (Å²) in [5.74, 6) is 0. The van der Waals surface area contributed by atoms with Crippen molar-refractivity contribution in [1.82, 2.24) is 0 Å². The Kier molecular flexibility index (Phi) is 4.59. The van der Waals surface area contributed by atoms with Crippen molar-refractivity contribution >= 4 is 24.9 Å². The van der Waals surface area contributed by atoms with Gasteiger partial charge in [0.25, 0.3) is 0 Å². The van der Waals surface area contributed by atoms with E-state index in [-0.39, 0.29) is 0 Å². The van der Waals surface area contributed by atoms with E-state index in [0.29, 0.717) is 0 Å². The summed E-state index contributed by atoms with van der Waals surface area (Å²) in [4.78, 5) is 0. The second-order valence-electron chi connectivity index (χ2n) is 5.36. The quantitative estimate of drug-likeness (QED) is 0.592. The predicted octanol–water partition coefficient (Wildman–Crippen LogP) is 5.90. The fourth-order valence-corrected chi connectivity index (χ4v) is 5.44. The minimum absolute atomic E-state index is 1.15. The van der Waals surface area contributed by atoms with Gasteiger partial charge < -0.3 is 0 Å². The molecule has 0 atom stereocenters. The fraction of sp³-hybridized carbons (Fsp3) is 0.333. The largest absolute Gasteiger partial charge is 0.0936 e. The van der Waals surface area contributed by atoms with E-state index >= 15 is 0 Å². The lowest BCUT2D eigenvalue weighted by atomic mass is 10.1. The van der Waals surface area contributed by atoms with E-state index in [1.54, 1.807) is 0 Å². The molecule has 2 aromatic rings. The Morgan fingerprint density at radius 2 is 1.47 bits per heavy atom. The maximum Gasteiger partial charge on any atom is 0.0770 e. The molecule has 2 aromatic carbocycles. The zero-order valence-corrected chi connectivity index (χ0v) is 13.3. The molecule has 19 heavy (non-hydrogen) atoms. The maximum atomic E-state index is 2.55. The van der Waals surface area contributed by atoms with Gasteiger partial charge in [0.15, 0.2) is 0 Å². The summed E-state index contributed by atoms with van der Waals surface area (Å²) in [5, 5.41) is 2.66. The van der Waals surface area contributed by atoms with Gasteiger partial charge in [0.2, 0.25) is 0 Å². The standard InChI is InChI=1S/C18H24Si/c1-4-19(5-2,6-3)14-13-16-11-12-17-9-7-8-10-18(17)15-16/h7-15H,4-6H2,1-3H3/b14-13+. The number of hydrogen-bond acceptors (Lipinski definition) is 0. The van der Waals surface area contributed by atoms with Gasteiger partial charge in [0.05, 0.1) is 8.07 Å². The Balaban J connectivity index is 2.30. The second-order valence-corrected chi connectivity index (χ2v) is 10.5. The molecule has 0 fully saturated rings.